The molecule has 1 aromatic carbocycles. The second kappa shape index (κ2) is 6.61. The molecule has 1 N–H and O–H groups in total. The molecule has 6 nitrogen and oxygen atoms in total. The second-order valence-corrected chi connectivity index (χ2v) is 9.18. The summed E-state index contributed by atoms with van der Waals surface area (Å²) in [5.41, 5.74) is 0.659. The van der Waals surface area contributed by atoms with Gasteiger partial charge in [0.05, 0.1) is 4.90 Å². The molecule has 0 radical (unpaired) electrons. The molecule has 3 fully saturated rings. The number of piperidine rings is 1. The molecule has 1 aliphatic carbocycles. The Bertz CT molecular complexity index is 759. The standard InChI is InChI=1S/C18H25N3O3S/c22-18(21-11-5-7-14-12-16(14)21)19-13-15-6-1-2-8-17(15)25(23,24)20-9-3-4-10-20/h1-2,6,8,14,16H,3-5,7,9-13H2,(H,19,22). The molecule has 0 aromatic heterocycles. The summed E-state index contributed by atoms with van der Waals surface area (Å²) < 4.78 is 27.3. The molecule has 1 saturated carbocycles. The van der Waals surface area contributed by atoms with Crippen LogP contribution in [0.3, 0.4) is 0 Å². The average molecular weight is 363 g/mol. The first-order valence-corrected chi connectivity index (χ1v) is 10.6. The van der Waals surface area contributed by atoms with Crippen molar-refractivity contribution in [1.82, 2.24) is 14.5 Å². The van der Waals surface area contributed by atoms with Gasteiger partial charge in [0, 0.05) is 32.2 Å². The smallest absolute Gasteiger partial charge is 0.317 e. The summed E-state index contributed by atoms with van der Waals surface area (Å²) in [4.78, 5) is 14.7. The number of urea groups is 1. The fourth-order valence-corrected chi connectivity index (χ4v) is 5.85. The van der Waals surface area contributed by atoms with E-state index in [9.17, 15) is 13.2 Å². The van der Waals surface area contributed by atoms with Crippen LogP contribution in [0.4, 0.5) is 4.79 Å². The Kier molecular flexibility index (Phi) is 4.45. The van der Waals surface area contributed by atoms with Crippen LogP contribution < -0.4 is 5.32 Å². The Balaban J connectivity index is 1.47. The third-order valence-corrected chi connectivity index (χ3v) is 7.60. The van der Waals surface area contributed by atoms with Crippen LogP contribution in [-0.2, 0) is 16.6 Å². The van der Waals surface area contributed by atoms with Crippen molar-refractivity contribution >= 4 is 16.1 Å². The Morgan fingerprint density at radius 1 is 1.12 bits per heavy atom. The van der Waals surface area contributed by atoms with Crippen molar-refractivity contribution in [2.75, 3.05) is 19.6 Å². The van der Waals surface area contributed by atoms with Crippen molar-refractivity contribution in [3.8, 4) is 0 Å². The number of carbonyl (C=O) groups is 1. The lowest BCUT2D eigenvalue weighted by Crippen LogP contribution is -2.44. The first-order valence-electron chi connectivity index (χ1n) is 9.20. The topological polar surface area (TPSA) is 69.7 Å². The highest BCUT2D eigenvalue weighted by molar-refractivity contribution is 7.89. The van der Waals surface area contributed by atoms with Gasteiger partial charge in [0.2, 0.25) is 10.0 Å². The molecule has 2 aliphatic heterocycles. The molecule has 2 amide bonds. The van der Waals surface area contributed by atoms with Gasteiger partial charge in [0.1, 0.15) is 0 Å². The number of sulfonamides is 1. The minimum atomic E-state index is -3.48. The molecule has 7 heteroatoms. The Morgan fingerprint density at radius 2 is 1.88 bits per heavy atom. The number of nitrogens with zero attached hydrogens (tertiary/aromatic N) is 2. The number of nitrogens with one attached hydrogen (secondary N) is 1. The molecule has 0 bridgehead atoms. The van der Waals surface area contributed by atoms with Crippen molar-refractivity contribution in [3.05, 3.63) is 29.8 Å². The van der Waals surface area contributed by atoms with E-state index in [1.165, 1.54) is 6.42 Å². The predicted molar refractivity (Wildman–Crippen MR) is 94.5 cm³/mol. The summed E-state index contributed by atoms with van der Waals surface area (Å²) in [7, 11) is -3.48. The van der Waals surface area contributed by atoms with Gasteiger partial charge in [-0.3, -0.25) is 0 Å². The maximum Gasteiger partial charge on any atom is 0.317 e. The maximum atomic E-state index is 12.9. The summed E-state index contributed by atoms with van der Waals surface area (Å²) in [6.07, 6.45) is 5.23. The number of fused-ring (bicyclic) bond motifs is 1. The van der Waals surface area contributed by atoms with Gasteiger partial charge in [-0.05, 0) is 49.7 Å². The Labute approximate surface area is 149 Å². The number of likely N-dealkylation sites (tertiary alicyclic amines) is 1. The molecular formula is C18H25N3O3S. The van der Waals surface area contributed by atoms with Gasteiger partial charge in [0.15, 0.2) is 0 Å². The maximum absolute atomic E-state index is 12.9. The van der Waals surface area contributed by atoms with Gasteiger partial charge in [-0.25, -0.2) is 13.2 Å². The van der Waals surface area contributed by atoms with Crippen LogP contribution in [0.5, 0.6) is 0 Å². The zero-order chi connectivity index (χ0) is 17.4. The van der Waals surface area contributed by atoms with E-state index in [1.54, 1.807) is 22.5 Å². The number of carbonyl (C=O) groups excluding carboxylic acids is 1. The third-order valence-electron chi connectivity index (χ3n) is 5.61. The fraction of sp³-hybridized carbons (Fsp3) is 0.611. The monoisotopic (exact) mass is 363 g/mol. The molecule has 136 valence electrons. The van der Waals surface area contributed by atoms with Crippen molar-refractivity contribution in [1.29, 1.82) is 0 Å². The van der Waals surface area contributed by atoms with Crippen LogP contribution in [0.1, 0.15) is 37.7 Å². The molecular weight excluding hydrogens is 338 g/mol. The summed E-state index contributed by atoms with van der Waals surface area (Å²) >= 11 is 0. The van der Waals surface area contributed by atoms with Crippen LogP contribution in [0.15, 0.2) is 29.2 Å². The summed E-state index contributed by atoms with van der Waals surface area (Å²) in [6.45, 7) is 2.22. The van der Waals surface area contributed by atoms with Crippen molar-refractivity contribution in [2.24, 2.45) is 5.92 Å². The summed E-state index contributed by atoms with van der Waals surface area (Å²) in [5.74, 6) is 0.683. The van der Waals surface area contributed by atoms with E-state index >= 15 is 0 Å². The number of amides is 2. The molecule has 3 aliphatic rings. The summed E-state index contributed by atoms with van der Waals surface area (Å²) in [5, 5.41) is 2.93. The van der Waals surface area contributed by atoms with E-state index in [0.717, 1.165) is 32.2 Å². The van der Waals surface area contributed by atoms with Crippen LogP contribution in [0.2, 0.25) is 0 Å². The number of benzene rings is 1. The molecule has 2 saturated heterocycles. The lowest BCUT2D eigenvalue weighted by molar-refractivity contribution is 0.181. The third kappa shape index (κ3) is 3.27. The Hall–Kier alpha value is -1.60. The molecule has 0 spiro atoms. The number of rotatable bonds is 4. The summed E-state index contributed by atoms with van der Waals surface area (Å²) in [6, 6.07) is 7.33. The molecule has 1 aromatic rings. The van der Waals surface area contributed by atoms with Gasteiger partial charge in [-0.15, -0.1) is 0 Å². The predicted octanol–water partition coefficient (Wildman–Crippen LogP) is 2.17. The molecule has 2 unspecified atom stereocenters. The van der Waals surface area contributed by atoms with Crippen LogP contribution in [-0.4, -0.2) is 49.3 Å². The lowest BCUT2D eigenvalue weighted by atomic mass is 10.1. The molecule has 2 heterocycles. The van der Waals surface area contributed by atoms with Gasteiger partial charge in [0.25, 0.3) is 0 Å². The highest BCUT2D eigenvalue weighted by atomic mass is 32.2. The molecule has 4 rings (SSSR count). The zero-order valence-electron chi connectivity index (χ0n) is 14.4. The van der Waals surface area contributed by atoms with E-state index in [2.05, 4.69) is 5.32 Å². The zero-order valence-corrected chi connectivity index (χ0v) is 15.2. The number of hydrogen-bond acceptors (Lipinski definition) is 3. The SMILES string of the molecule is O=C(NCc1ccccc1S(=O)(=O)N1CCCC1)N1CCCC2CC21. The van der Waals surface area contributed by atoms with Gasteiger partial charge >= 0.3 is 6.03 Å². The minimum absolute atomic E-state index is 0.0689. The van der Waals surface area contributed by atoms with Crippen LogP contribution >= 0.6 is 0 Å². The minimum Gasteiger partial charge on any atom is -0.334 e. The van der Waals surface area contributed by atoms with E-state index in [1.807, 2.05) is 11.0 Å². The van der Waals surface area contributed by atoms with E-state index < -0.39 is 10.0 Å². The average Bonchev–Trinajstić information content (AvgIpc) is 3.20. The van der Waals surface area contributed by atoms with E-state index in [-0.39, 0.29) is 12.6 Å². The van der Waals surface area contributed by atoms with Gasteiger partial charge in [-0.1, -0.05) is 18.2 Å². The van der Waals surface area contributed by atoms with Crippen molar-refractivity contribution in [2.45, 2.75) is 49.6 Å². The van der Waals surface area contributed by atoms with Crippen molar-refractivity contribution < 1.29 is 13.2 Å². The molecule has 2 atom stereocenters. The number of hydrogen-bond donors (Lipinski definition) is 1. The van der Waals surface area contributed by atoms with Crippen LogP contribution in [0, 0.1) is 5.92 Å². The molecule has 25 heavy (non-hydrogen) atoms. The van der Waals surface area contributed by atoms with Crippen LogP contribution in [0.25, 0.3) is 0 Å². The highest BCUT2D eigenvalue weighted by Gasteiger charge is 2.45. The van der Waals surface area contributed by atoms with Crippen molar-refractivity contribution in [3.63, 3.8) is 0 Å². The normalized spacial score (nSPS) is 26.3. The fourth-order valence-electron chi connectivity index (χ4n) is 4.11. The first kappa shape index (κ1) is 16.8. The second-order valence-electron chi connectivity index (χ2n) is 7.28. The first-order chi connectivity index (χ1) is 12.1. The Morgan fingerprint density at radius 3 is 2.68 bits per heavy atom. The van der Waals surface area contributed by atoms with Gasteiger partial charge < -0.3 is 10.2 Å². The van der Waals surface area contributed by atoms with Gasteiger partial charge in [-0.2, -0.15) is 4.31 Å². The highest BCUT2D eigenvalue weighted by Crippen LogP contribution is 2.42. The van der Waals surface area contributed by atoms with E-state index in [4.69, 9.17) is 0 Å². The quantitative estimate of drug-likeness (QED) is 0.891. The lowest BCUT2D eigenvalue weighted by Gasteiger charge is -2.27. The largest absolute Gasteiger partial charge is 0.334 e. The van der Waals surface area contributed by atoms with E-state index in [0.29, 0.717) is 35.5 Å².